The van der Waals surface area contributed by atoms with Crippen molar-refractivity contribution in [3.63, 3.8) is 0 Å². The molecule has 2 rings (SSSR count). The highest BCUT2D eigenvalue weighted by molar-refractivity contribution is 5.80. The summed E-state index contributed by atoms with van der Waals surface area (Å²) in [6.07, 6.45) is -3.42. The number of halogens is 4. The zero-order valence-electron chi connectivity index (χ0n) is 19.5. The van der Waals surface area contributed by atoms with E-state index in [2.05, 4.69) is 0 Å². The van der Waals surface area contributed by atoms with Gasteiger partial charge in [-0.3, -0.25) is 0 Å². The molecular formula is C22H25F4N3O6. The number of carbonyl (C=O) groups excluding carboxylic acids is 1. The Hall–Kier alpha value is -3.90. The minimum atomic E-state index is -2.19. The third-order valence-corrected chi connectivity index (χ3v) is 4.59. The van der Waals surface area contributed by atoms with Crippen LogP contribution in [0.2, 0.25) is 0 Å². The number of carbonyl (C=O) groups is 2. The fourth-order valence-electron chi connectivity index (χ4n) is 2.76. The molecule has 0 radical (unpaired) electrons. The van der Waals surface area contributed by atoms with E-state index < -0.39 is 81.7 Å². The summed E-state index contributed by atoms with van der Waals surface area (Å²) in [4.78, 5) is 24.3. The molecule has 0 saturated heterocycles. The van der Waals surface area contributed by atoms with Gasteiger partial charge in [-0.1, -0.05) is 0 Å². The molecule has 1 amide bonds. The number of nitrogens with two attached hydrogens (primary N) is 2. The molecule has 0 heterocycles. The van der Waals surface area contributed by atoms with Crippen LogP contribution in [0, 0.1) is 37.1 Å². The summed E-state index contributed by atoms with van der Waals surface area (Å²) in [6.45, 7) is 6.76. The van der Waals surface area contributed by atoms with E-state index in [1.165, 1.54) is 20.8 Å². The van der Waals surface area contributed by atoms with Crippen molar-refractivity contribution in [3.8, 4) is 11.5 Å². The lowest BCUT2D eigenvalue weighted by molar-refractivity contribution is -0.147. The van der Waals surface area contributed by atoms with Gasteiger partial charge < -0.3 is 36.1 Å². The highest BCUT2D eigenvalue weighted by Gasteiger charge is 2.37. The fourth-order valence-corrected chi connectivity index (χ4v) is 2.76. The normalized spacial score (nSPS) is 13.1. The molecule has 0 aliphatic rings. The molecule has 0 fully saturated rings. The lowest BCUT2D eigenvalue weighted by Gasteiger charge is -2.29. The molecule has 6 N–H and O–H groups in total. The van der Waals surface area contributed by atoms with E-state index in [0.29, 0.717) is 12.1 Å². The van der Waals surface area contributed by atoms with Gasteiger partial charge in [0.2, 0.25) is 6.04 Å². The summed E-state index contributed by atoms with van der Waals surface area (Å²) >= 11 is 0. The van der Waals surface area contributed by atoms with Crippen LogP contribution in [-0.2, 0) is 9.53 Å². The van der Waals surface area contributed by atoms with Gasteiger partial charge in [-0.2, -0.15) is 0 Å². The summed E-state index contributed by atoms with van der Waals surface area (Å²) in [5.74, 6) is -7.76. The first-order valence-electron chi connectivity index (χ1n) is 10.1. The predicted molar refractivity (Wildman–Crippen MR) is 117 cm³/mol. The molecule has 2 aromatic rings. The Morgan fingerprint density at radius 3 is 2.06 bits per heavy atom. The van der Waals surface area contributed by atoms with Gasteiger partial charge in [-0.05, 0) is 34.6 Å². The van der Waals surface area contributed by atoms with Crippen molar-refractivity contribution in [1.82, 2.24) is 5.32 Å². The number of hydrogen-bond acceptors (Lipinski definition) is 7. The lowest BCUT2D eigenvalue weighted by Crippen LogP contribution is -2.54. The number of alkyl carbamates (subject to hydrolysis) is 1. The number of nitrogens with one attached hydrogen (secondary N) is 1. The van der Waals surface area contributed by atoms with Gasteiger partial charge in [-0.15, -0.1) is 0 Å². The van der Waals surface area contributed by atoms with Crippen LogP contribution < -0.4 is 26.3 Å². The molecule has 0 aliphatic carbocycles. The highest BCUT2D eigenvalue weighted by Crippen LogP contribution is 2.34. The van der Waals surface area contributed by atoms with Crippen molar-refractivity contribution >= 4 is 23.4 Å². The largest absolute Gasteiger partial charge is 0.480 e. The van der Waals surface area contributed by atoms with Gasteiger partial charge in [0.05, 0.1) is 0 Å². The van der Waals surface area contributed by atoms with Gasteiger partial charge in [0.25, 0.3) is 6.29 Å². The Balaban J connectivity index is 2.60. The first-order chi connectivity index (χ1) is 16.0. The van der Waals surface area contributed by atoms with Crippen LogP contribution in [0.1, 0.15) is 31.9 Å². The minimum absolute atomic E-state index is 0.340. The second kappa shape index (κ2) is 10.2. The number of amides is 1. The zero-order chi connectivity index (χ0) is 26.8. The second-order valence-corrected chi connectivity index (χ2v) is 8.48. The van der Waals surface area contributed by atoms with Crippen LogP contribution in [0.4, 0.5) is 33.7 Å². The van der Waals surface area contributed by atoms with E-state index >= 15 is 0 Å². The maximum atomic E-state index is 14.3. The van der Waals surface area contributed by atoms with Crippen LogP contribution in [0.5, 0.6) is 11.5 Å². The van der Waals surface area contributed by atoms with Crippen molar-refractivity contribution in [2.45, 2.75) is 52.6 Å². The number of ether oxygens (including phenoxy) is 3. The van der Waals surface area contributed by atoms with E-state index in [1.54, 1.807) is 0 Å². The SMILES string of the molecule is Cc1c(F)cc(O[C@@H](Oc2c(C)c(F)cc(F)c2N)[C@H](NC(=O)OC(C)(C)C)C(=O)O)c(N)c1F. The molecular weight excluding hydrogens is 478 g/mol. The Labute approximate surface area is 197 Å². The Morgan fingerprint density at radius 1 is 0.943 bits per heavy atom. The van der Waals surface area contributed by atoms with Gasteiger partial charge in [0, 0.05) is 23.3 Å². The highest BCUT2D eigenvalue weighted by atomic mass is 19.1. The number of aliphatic carboxylic acids is 1. The van der Waals surface area contributed by atoms with Crippen molar-refractivity contribution in [1.29, 1.82) is 0 Å². The average Bonchev–Trinajstić information content (AvgIpc) is 2.73. The topological polar surface area (TPSA) is 146 Å². The Bertz CT molecular complexity index is 1130. The molecule has 192 valence electrons. The molecule has 0 spiro atoms. The second-order valence-electron chi connectivity index (χ2n) is 8.48. The number of hydrogen-bond donors (Lipinski definition) is 4. The van der Waals surface area contributed by atoms with Crippen molar-refractivity contribution in [2.24, 2.45) is 0 Å². The van der Waals surface area contributed by atoms with E-state index in [9.17, 15) is 32.3 Å². The minimum Gasteiger partial charge on any atom is -0.480 e. The Kier molecular flexibility index (Phi) is 7.93. The van der Waals surface area contributed by atoms with E-state index in [0.717, 1.165) is 13.8 Å². The third kappa shape index (κ3) is 6.37. The van der Waals surface area contributed by atoms with E-state index in [4.69, 9.17) is 25.7 Å². The van der Waals surface area contributed by atoms with Crippen molar-refractivity contribution in [3.05, 3.63) is 46.5 Å². The number of benzene rings is 2. The standard InChI is InChI=1S/C22H25F4N3O6/c1-8-11(24)7-13(16(28)14(8)26)33-20(17(19(30)31)29-21(32)35-22(3,4)5)34-18-9(2)10(23)6-12(25)15(18)27/h6-7,17,20H,27-28H2,1-5H3,(H,29,32)(H,30,31)/t17-,20+/m1/s1. The Morgan fingerprint density at radius 2 is 1.51 bits per heavy atom. The van der Waals surface area contributed by atoms with Gasteiger partial charge in [0.1, 0.15) is 28.6 Å². The summed E-state index contributed by atoms with van der Waals surface area (Å²) in [6, 6.07) is -1.01. The van der Waals surface area contributed by atoms with Gasteiger partial charge in [-0.25, -0.2) is 27.2 Å². The van der Waals surface area contributed by atoms with Crippen LogP contribution in [-0.4, -0.2) is 35.1 Å². The van der Waals surface area contributed by atoms with E-state index in [1.807, 2.05) is 5.32 Å². The van der Waals surface area contributed by atoms with Gasteiger partial charge in [0.15, 0.2) is 23.1 Å². The smallest absolute Gasteiger partial charge is 0.408 e. The van der Waals surface area contributed by atoms with Crippen LogP contribution in [0.25, 0.3) is 0 Å². The van der Waals surface area contributed by atoms with Crippen LogP contribution in [0.15, 0.2) is 12.1 Å². The molecule has 0 saturated carbocycles. The van der Waals surface area contributed by atoms with Crippen LogP contribution >= 0.6 is 0 Å². The van der Waals surface area contributed by atoms with Crippen molar-refractivity contribution < 1.29 is 46.5 Å². The number of carboxylic acids is 1. The first-order valence-corrected chi connectivity index (χ1v) is 10.1. The number of carboxylic acid groups (broad SMARTS) is 1. The molecule has 2 atom stereocenters. The zero-order valence-corrected chi connectivity index (χ0v) is 19.5. The summed E-state index contributed by atoms with van der Waals surface area (Å²) in [5, 5.41) is 11.7. The molecule has 13 heteroatoms. The maximum Gasteiger partial charge on any atom is 0.408 e. The number of nitrogen functional groups attached to an aromatic ring is 2. The van der Waals surface area contributed by atoms with E-state index in [-0.39, 0.29) is 5.56 Å². The first kappa shape index (κ1) is 27.3. The van der Waals surface area contributed by atoms with Gasteiger partial charge >= 0.3 is 12.1 Å². The average molecular weight is 503 g/mol. The molecule has 0 bridgehead atoms. The molecule has 0 unspecified atom stereocenters. The lowest BCUT2D eigenvalue weighted by atomic mass is 10.1. The predicted octanol–water partition coefficient (Wildman–Crippen LogP) is 3.79. The fraction of sp³-hybridized carbons (Fsp3) is 0.364. The summed E-state index contributed by atoms with van der Waals surface area (Å²) in [7, 11) is 0. The van der Waals surface area contributed by atoms with Crippen LogP contribution in [0.3, 0.4) is 0 Å². The third-order valence-electron chi connectivity index (χ3n) is 4.59. The summed E-state index contributed by atoms with van der Waals surface area (Å²) < 4.78 is 72.4. The molecule has 9 nitrogen and oxygen atoms in total. The molecule has 0 aromatic heterocycles. The molecule has 0 aliphatic heterocycles. The number of rotatable bonds is 7. The summed E-state index contributed by atoms with van der Waals surface area (Å²) in [5.41, 5.74) is 8.01. The molecule has 2 aromatic carbocycles. The molecule has 35 heavy (non-hydrogen) atoms. The van der Waals surface area contributed by atoms with Crippen molar-refractivity contribution in [2.75, 3.05) is 11.5 Å². The maximum absolute atomic E-state index is 14.3. The number of anilines is 2. The monoisotopic (exact) mass is 503 g/mol. The quantitative estimate of drug-likeness (QED) is 0.254.